The average Bonchev–Trinajstić information content (AvgIpc) is 2.84. The van der Waals surface area contributed by atoms with Crippen molar-refractivity contribution in [1.29, 1.82) is 0 Å². The first kappa shape index (κ1) is 31.0. The van der Waals surface area contributed by atoms with Crippen LogP contribution >= 0.6 is 11.6 Å². The molecule has 5 N–H and O–H groups in total. The number of ether oxygens (including phenoxy) is 1. The van der Waals surface area contributed by atoms with Crippen molar-refractivity contribution < 1.29 is 43.6 Å². The van der Waals surface area contributed by atoms with Crippen LogP contribution in [-0.4, -0.2) is 51.3 Å². The fourth-order valence-electron chi connectivity index (χ4n) is 2.95. The van der Waals surface area contributed by atoms with Gasteiger partial charge in [-0.25, -0.2) is 0 Å². The van der Waals surface area contributed by atoms with E-state index in [0.29, 0.717) is 0 Å². The highest BCUT2D eigenvalue weighted by molar-refractivity contribution is 7.86. The van der Waals surface area contributed by atoms with Gasteiger partial charge in [0.05, 0.1) is 39.3 Å². The molecular formula is C21H20ClN5O10S3. The summed E-state index contributed by atoms with van der Waals surface area (Å²) in [6.07, 6.45) is -0.0327. The second kappa shape index (κ2) is 12.3. The molecule has 0 bridgehead atoms. The smallest absolute Gasteiger partial charge is 0.296 e. The van der Waals surface area contributed by atoms with Gasteiger partial charge in [0.25, 0.3) is 30.4 Å². The van der Waals surface area contributed by atoms with E-state index in [1.54, 1.807) is 0 Å². The monoisotopic (exact) mass is 633 g/mol. The lowest BCUT2D eigenvalue weighted by atomic mass is 10.2. The van der Waals surface area contributed by atoms with Crippen LogP contribution in [0.25, 0.3) is 0 Å². The van der Waals surface area contributed by atoms with Gasteiger partial charge >= 0.3 is 0 Å². The molecule has 214 valence electrons. The van der Waals surface area contributed by atoms with Crippen LogP contribution in [0.4, 0.5) is 28.4 Å². The van der Waals surface area contributed by atoms with Gasteiger partial charge in [-0.1, -0.05) is 11.6 Å². The van der Waals surface area contributed by atoms with E-state index >= 15 is 0 Å². The molecule has 3 aromatic rings. The first-order valence-electron chi connectivity index (χ1n) is 10.7. The Morgan fingerprint density at radius 2 is 1.35 bits per heavy atom. The zero-order chi connectivity index (χ0) is 29.7. The van der Waals surface area contributed by atoms with Crippen molar-refractivity contribution in [3.05, 3.63) is 59.6 Å². The van der Waals surface area contributed by atoms with Crippen molar-refractivity contribution in [2.75, 3.05) is 18.1 Å². The van der Waals surface area contributed by atoms with E-state index in [1.165, 1.54) is 36.4 Å². The molecule has 0 aliphatic rings. The van der Waals surface area contributed by atoms with Crippen LogP contribution in [0.1, 0.15) is 6.42 Å². The number of hydrogen-bond acceptors (Lipinski definition) is 12. The SMILES string of the molecule is Nc1cc(Cl)c(/N=N\c2ccc(N=Nc3ccc(S(=O)(=O)O)cc3)cc2S(=O)(=O)O)cc1OCCCS(=O)(=O)O. The van der Waals surface area contributed by atoms with Crippen LogP contribution in [-0.2, 0) is 30.4 Å². The Labute approximate surface area is 233 Å². The van der Waals surface area contributed by atoms with Gasteiger partial charge < -0.3 is 10.5 Å². The summed E-state index contributed by atoms with van der Waals surface area (Å²) < 4.78 is 101. The summed E-state index contributed by atoms with van der Waals surface area (Å²) >= 11 is 6.13. The number of nitrogens with zero attached hydrogens (tertiary/aromatic N) is 4. The maximum atomic E-state index is 12.0. The molecule has 0 saturated heterocycles. The van der Waals surface area contributed by atoms with Gasteiger partial charge in [-0.15, -0.1) is 10.2 Å². The molecule has 0 fully saturated rings. The Hall–Kier alpha value is -3.52. The maximum absolute atomic E-state index is 12.0. The first-order valence-corrected chi connectivity index (χ1v) is 15.6. The van der Waals surface area contributed by atoms with Crippen LogP contribution in [0.2, 0.25) is 5.02 Å². The Kier molecular flexibility index (Phi) is 9.56. The summed E-state index contributed by atoms with van der Waals surface area (Å²) in [5.41, 5.74) is 5.81. The van der Waals surface area contributed by atoms with E-state index in [-0.39, 0.29) is 57.1 Å². The molecule has 0 spiro atoms. The highest BCUT2D eigenvalue weighted by Gasteiger charge is 2.17. The van der Waals surface area contributed by atoms with Gasteiger partial charge in [-0.05, 0) is 55.0 Å². The lowest BCUT2D eigenvalue weighted by Crippen LogP contribution is -2.09. The molecule has 0 amide bonds. The Morgan fingerprint density at radius 1 is 0.750 bits per heavy atom. The predicted octanol–water partition coefficient (Wildman–Crippen LogP) is 4.90. The second-order valence-corrected chi connectivity index (χ2v) is 12.6. The van der Waals surface area contributed by atoms with Crippen LogP contribution in [0.15, 0.2) is 84.8 Å². The largest absolute Gasteiger partial charge is 0.491 e. The number of rotatable bonds is 11. The van der Waals surface area contributed by atoms with E-state index in [4.69, 9.17) is 31.2 Å². The van der Waals surface area contributed by atoms with Crippen LogP contribution in [0, 0.1) is 0 Å². The van der Waals surface area contributed by atoms with Crippen molar-refractivity contribution in [2.45, 2.75) is 16.2 Å². The zero-order valence-electron chi connectivity index (χ0n) is 20.0. The summed E-state index contributed by atoms with van der Waals surface area (Å²) in [6.45, 7) is -0.115. The molecule has 0 atom stereocenters. The standard InChI is InChI=1S/C21H20ClN5O10S3/c22-16-11-17(23)20(37-8-1-9-38(28,29)30)12-19(16)27-26-18-7-4-14(10-21(18)40(34,35)36)25-24-13-2-5-15(6-3-13)39(31,32)33/h2-7,10-12H,1,8-9,23H2,(H,28,29,30)(H,31,32,33)(H,34,35,36)/b25-24?,27-26-. The predicted molar refractivity (Wildman–Crippen MR) is 143 cm³/mol. The minimum atomic E-state index is -4.81. The average molecular weight is 634 g/mol. The molecule has 0 aliphatic heterocycles. The number of nitrogen functional groups attached to an aromatic ring is 1. The quantitative estimate of drug-likeness (QED) is 0.0955. The molecule has 0 saturated carbocycles. The number of anilines is 1. The summed E-state index contributed by atoms with van der Waals surface area (Å²) in [5.74, 6) is -0.453. The molecule has 0 unspecified atom stereocenters. The van der Waals surface area contributed by atoms with Crippen molar-refractivity contribution in [3.8, 4) is 5.75 Å². The first-order chi connectivity index (χ1) is 18.5. The molecule has 19 heteroatoms. The van der Waals surface area contributed by atoms with Crippen molar-refractivity contribution >= 4 is 70.4 Å². The number of azo groups is 2. The molecular weight excluding hydrogens is 614 g/mol. The van der Waals surface area contributed by atoms with Crippen LogP contribution in [0.3, 0.4) is 0 Å². The lowest BCUT2D eigenvalue weighted by Gasteiger charge is -2.10. The van der Waals surface area contributed by atoms with Gasteiger partial charge in [-0.3, -0.25) is 13.7 Å². The third-order valence-electron chi connectivity index (χ3n) is 4.79. The second-order valence-electron chi connectivity index (χ2n) is 7.83. The van der Waals surface area contributed by atoms with Crippen molar-refractivity contribution in [1.82, 2.24) is 0 Å². The molecule has 0 radical (unpaired) electrons. The molecule has 40 heavy (non-hydrogen) atoms. The number of benzene rings is 3. The Balaban J connectivity index is 1.85. The van der Waals surface area contributed by atoms with Crippen LogP contribution in [0.5, 0.6) is 5.75 Å². The summed E-state index contributed by atoms with van der Waals surface area (Å²) in [7, 11) is -13.4. The zero-order valence-corrected chi connectivity index (χ0v) is 23.2. The minimum Gasteiger partial charge on any atom is -0.491 e. The Bertz CT molecular complexity index is 1800. The fourth-order valence-corrected chi connectivity index (χ4v) is 4.76. The summed E-state index contributed by atoms with van der Waals surface area (Å²) in [4.78, 5) is -1.02. The van der Waals surface area contributed by atoms with E-state index in [9.17, 15) is 29.8 Å². The normalized spacial score (nSPS) is 12.8. The van der Waals surface area contributed by atoms with Crippen molar-refractivity contribution in [3.63, 3.8) is 0 Å². The molecule has 0 aliphatic carbocycles. The van der Waals surface area contributed by atoms with Gasteiger partial charge in [0.15, 0.2) is 0 Å². The number of halogens is 1. The topological polar surface area (TPSA) is 248 Å². The third-order valence-corrected chi connectivity index (χ3v) is 7.64. The van der Waals surface area contributed by atoms with Gasteiger partial charge in [0.2, 0.25) is 0 Å². The maximum Gasteiger partial charge on any atom is 0.296 e. The third kappa shape index (κ3) is 9.01. The highest BCUT2D eigenvalue weighted by atomic mass is 35.5. The molecule has 0 aromatic heterocycles. The molecule has 0 heterocycles. The highest BCUT2D eigenvalue weighted by Crippen LogP contribution is 2.37. The lowest BCUT2D eigenvalue weighted by molar-refractivity contribution is 0.318. The summed E-state index contributed by atoms with van der Waals surface area (Å²) in [6, 6.07) is 10.7. The van der Waals surface area contributed by atoms with Gasteiger partial charge in [0, 0.05) is 6.07 Å². The van der Waals surface area contributed by atoms with E-state index in [1.807, 2.05) is 0 Å². The number of hydrogen-bond donors (Lipinski definition) is 4. The van der Waals surface area contributed by atoms with Crippen LogP contribution < -0.4 is 10.5 Å². The fraction of sp³-hybridized carbons (Fsp3) is 0.143. The van der Waals surface area contributed by atoms with Crippen molar-refractivity contribution in [2.24, 2.45) is 20.5 Å². The Morgan fingerprint density at radius 3 is 1.95 bits per heavy atom. The van der Waals surface area contributed by atoms with Gasteiger partial charge in [0.1, 0.15) is 22.0 Å². The minimum absolute atomic E-state index is 0.000890. The summed E-state index contributed by atoms with van der Waals surface area (Å²) in [5, 5.41) is 15.4. The van der Waals surface area contributed by atoms with E-state index in [2.05, 4.69) is 20.5 Å². The molecule has 15 nitrogen and oxygen atoms in total. The number of nitrogens with two attached hydrogens (primary N) is 1. The molecule has 3 rings (SSSR count). The van der Waals surface area contributed by atoms with Gasteiger partial charge in [-0.2, -0.15) is 35.5 Å². The van der Waals surface area contributed by atoms with E-state index < -0.39 is 41.0 Å². The van der Waals surface area contributed by atoms with E-state index in [0.717, 1.165) is 18.2 Å². The molecule has 3 aromatic carbocycles.